The topological polar surface area (TPSA) is 26.3 Å². The molecule has 0 radical (unpaired) electrons. The number of halogens is 1. The zero-order valence-electron chi connectivity index (χ0n) is 10.0. The number of carbonyl (C=O) groups is 1. The highest BCUT2D eigenvalue weighted by Crippen LogP contribution is 2.33. The first-order valence-corrected chi connectivity index (χ1v) is 6.11. The molecule has 0 N–H and O–H groups in total. The summed E-state index contributed by atoms with van der Waals surface area (Å²) in [4.78, 5) is 11.1. The van der Waals surface area contributed by atoms with Crippen molar-refractivity contribution in [2.75, 3.05) is 6.61 Å². The lowest BCUT2D eigenvalue weighted by atomic mass is 9.99. The minimum Gasteiger partial charge on any atom is -0.493 e. The largest absolute Gasteiger partial charge is 0.493 e. The second-order valence-electron chi connectivity index (χ2n) is 3.78. The van der Waals surface area contributed by atoms with Gasteiger partial charge >= 0.3 is 0 Å². The lowest BCUT2D eigenvalue weighted by Gasteiger charge is -2.12. The van der Waals surface area contributed by atoms with Crippen LogP contribution in [0.25, 0.3) is 11.1 Å². The van der Waals surface area contributed by atoms with Gasteiger partial charge in [-0.1, -0.05) is 29.8 Å². The van der Waals surface area contributed by atoms with Gasteiger partial charge in [0.15, 0.2) is 6.29 Å². The summed E-state index contributed by atoms with van der Waals surface area (Å²) in [6, 6.07) is 12.8. The Hall–Kier alpha value is -1.80. The van der Waals surface area contributed by atoms with Gasteiger partial charge in [0.2, 0.25) is 0 Å². The lowest BCUT2D eigenvalue weighted by molar-refractivity contribution is 0.112. The first-order chi connectivity index (χ1) is 8.76. The molecule has 2 aromatic rings. The molecule has 0 unspecified atom stereocenters. The summed E-state index contributed by atoms with van der Waals surface area (Å²) >= 11 is 6.00. The van der Waals surface area contributed by atoms with Crippen molar-refractivity contribution >= 4 is 17.9 Å². The predicted octanol–water partition coefficient (Wildman–Crippen LogP) is 4.22. The molecule has 92 valence electrons. The van der Waals surface area contributed by atoms with Crippen LogP contribution in [0.4, 0.5) is 0 Å². The first-order valence-electron chi connectivity index (χ1n) is 5.73. The molecule has 2 aromatic carbocycles. The summed E-state index contributed by atoms with van der Waals surface area (Å²) < 4.78 is 5.57. The van der Waals surface area contributed by atoms with Crippen LogP contribution < -0.4 is 4.74 Å². The molecule has 3 heteroatoms. The number of para-hydroxylation sites is 1. The second kappa shape index (κ2) is 5.69. The zero-order chi connectivity index (χ0) is 13.0. The molecule has 0 bridgehead atoms. The van der Waals surface area contributed by atoms with Gasteiger partial charge in [-0.05, 0) is 36.8 Å². The van der Waals surface area contributed by atoms with Crippen LogP contribution >= 0.6 is 11.6 Å². The summed E-state index contributed by atoms with van der Waals surface area (Å²) in [5, 5.41) is 0.599. The first kappa shape index (κ1) is 12.7. The molecule has 0 aliphatic heterocycles. The van der Waals surface area contributed by atoms with Crippen LogP contribution in [-0.4, -0.2) is 12.9 Å². The smallest absolute Gasteiger partial charge is 0.150 e. The van der Waals surface area contributed by atoms with E-state index in [1.165, 1.54) is 0 Å². The quantitative estimate of drug-likeness (QED) is 0.770. The molecule has 0 aliphatic rings. The summed E-state index contributed by atoms with van der Waals surface area (Å²) in [7, 11) is 0. The number of hydrogen-bond donors (Lipinski definition) is 0. The average Bonchev–Trinajstić information content (AvgIpc) is 2.40. The Balaban J connectivity index is 2.60. The van der Waals surface area contributed by atoms with Gasteiger partial charge in [-0.2, -0.15) is 0 Å². The molecule has 2 nitrogen and oxygen atoms in total. The van der Waals surface area contributed by atoms with Crippen molar-refractivity contribution in [3.05, 3.63) is 53.1 Å². The Kier molecular flexibility index (Phi) is 4.00. The average molecular weight is 261 g/mol. The summed E-state index contributed by atoms with van der Waals surface area (Å²) in [5.74, 6) is 0.755. The summed E-state index contributed by atoms with van der Waals surface area (Å²) in [5.41, 5.74) is 2.28. The Morgan fingerprint density at radius 3 is 2.67 bits per heavy atom. The predicted molar refractivity (Wildman–Crippen MR) is 73.4 cm³/mol. The van der Waals surface area contributed by atoms with Gasteiger partial charge in [0.25, 0.3) is 0 Å². The third-order valence-electron chi connectivity index (χ3n) is 2.62. The van der Waals surface area contributed by atoms with E-state index in [0.29, 0.717) is 17.2 Å². The molecule has 18 heavy (non-hydrogen) atoms. The maximum Gasteiger partial charge on any atom is 0.150 e. The minimum absolute atomic E-state index is 0.577. The molecule has 2 rings (SSSR count). The van der Waals surface area contributed by atoms with E-state index in [4.69, 9.17) is 16.3 Å². The molecular weight excluding hydrogens is 248 g/mol. The number of hydrogen-bond acceptors (Lipinski definition) is 2. The van der Waals surface area contributed by atoms with Crippen LogP contribution in [0.1, 0.15) is 17.3 Å². The zero-order valence-corrected chi connectivity index (χ0v) is 10.8. The third-order valence-corrected chi connectivity index (χ3v) is 2.85. The van der Waals surface area contributed by atoms with E-state index in [0.717, 1.165) is 23.2 Å². The highest BCUT2D eigenvalue weighted by molar-refractivity contribution is 6.31. The molecule has 0 saturated carbocycles. The molecule has 0 fully saturated rings. The summed E-state index contributed by atoms with van der Waals surface area (Å²) in [6.07, 6.45) is 0.828. The van der Waals surface area contributed by atoms with E-state index in [2.05, 4.69) is 0 Å². The number of benzene rings is 2. The van der Waals surface area contributed by atoms with Crippen LogP contribution in [-0.2, 0) is 0 Å². The van der Waals surface area contributed by atoms with Gasteiger partial charge in [0.1, 0.15) is 5.75 Å². The van der Waals surface area contributed by atoms with E-state index in [1.807, 2.05) is 31.2 Å². The van der Waals surface area contributed by atoms with E-state index < -0.39 is 0 Å². The number of ether oxygens (including phenoxy) is 1. The van der Waals surface area contributed by atoms with Crippen molar-refractivity contribution in [2.45, 2.75) is 6.92 Å². The molecular formula is C15H13ClO2. The Morgan fingerprint density at radius 2 is 1.94 bits per heavy atom. The van der Waals surface area contributed by atoms with Crippen LogP contribution in [0.2, 0.25) is 5.02 Å². The highest BCUT2D eigenvalue weighted by Gasteiger charge is 2.10. The monoisotopic (exact) mass is 260 g/mol. The van der Waals surface area contributed by atoms with Crippen molar-refractivity contribution in [3.63, 3.8) is 0 Å². The third kappa shape index (κ3) is 2.54. The lowest BCUT2D eigenvalue weighted by Crippen LogP contribution is -1.95. The maximum atomic E-state index is 11.1. The molecule has 0 aliphatic carbocycles. The molecule has 0 saturated heterocycles. The Labute approximate surface area is 111 Å². The number of carbonyl (C=O) groups excluding carboxylic acids is 1. The van der Waals surface area contributed by atoms with Crippen molar-refractivity contribution in [3.8, 4) is 16.9 Å². The summed E-state index contributed by atoms with van der Waals surface area (Å²) in [6.45, 7) is 2.50. The van der Waals surface area contributed by atoms with Crippen molar-refractivity contribution < 1.29 is 9.53 Å². The van der Waals surface area contributed by atoms with Gasteiger partial charge < -0.3 is 4.74 Å². The van der Waals surface area contributed by atoms with E-state index in [9.17, 15) is 4.79 Å². The van der Waals surface area contributed by atoms with E-state index in [-0.39, 0.29) is 0 Å². The van der Waals surface area contributed by atoms with Gasteiger partial charge in [-0.15, -0.1) is 0 Å². The molecule has 0 atom stereocenters. The molecule has 0 spiro atoms. The van der Waals surface area contributed by atoms with Gasteiger partial charge in [0, 0.05) is 16.1 Å². The van der Waals surface area contributed by atoms with Crippen LogP contribution in [0.15, 0.2) is 42.5 Å². The fraction of sp³-hybridized carbons (Fsp3) is 0.133. The maximum absolute atomic E-state index is 11.1. The minimum atomic E-state index is 0.577. The standard InChI is InChI=1S/C15H13ClO2/c1-2-18-15-6-4-3-5-13(15)14-9-12(16)8-7-11(14)10-17/h3-10H,2H2,1H3. The number of aldehydes is 1. The van der Waals surface area contributed by atoms with Gasteiger partial charge in [0.05, 0.1) is 6.61 Å². The fourth-order valence-electron chi connectivity index (χ4n) is 1.84. The Morgan fingerprint density at radius 1 is 1.17 bits per heavy atom. The SMILES string of the molecule is CCOc1ccccc1-c1cc(Cl)ccc1C=O. The van der Waals surface area contributed by atoms with E-state index >= 15 is 0 Å². The van der Waals surface area contributed by atoms with Crippen molar-refractivity contribution in [2.24, 2.45) is 0 Å². The van der Waals surface area contributed by atoms with Crippen molar-refractivity contribution in [1.82, 2.24) is 0 Å². The molecule has 0 amide bonds. The molecule has 0 aromatic heterocycles. The van der Waals surface area contributed by atoms with Crippen molar-refractivity contribution in [1.29, 1.82) is 0 Å². The highest BCUT2D eigenvalue weighted by atomic mass is 35.5. The normalized spacial score (nSPS) is 10.1. The van der Waals surface area contributed by atoms with Gasteiger partial charge in [-0.25, -0.2) is 0 Å². The van der Waals surface area contributed by atoms with E-state index in [1.54, 1.807) is 18.2 Å². The number of rotatable bonds is 4. The van der Waals surface area contributed by atoms with Crippen LogP contribution in [0.3, 0.4) is 0 Å². The van der Waals surface area contributed by atoms with Crippen LogP contribution in [0.5, 0.6) is 5.75 Å². The Bertz CT molecular complexity index is 564. The van der Waals surface area contributed by atoms with Crippen LogP contribution in [0, 0.1) is 0 Å². The fourth-order valence-corrected chi connectivity index (χ4v) is 2.01. The van der Waals surface area contributed by atoms with Gasteiger partial charge in [-0.3, -0.25) is 4.79 Å². The second-order valence-corrected chi connectivity index (χ2v) is 4.22. The molecule has 0 heterocycles.